The number of esters is 2. The lowest BCUT2D eigenvalue weighted by Crippen LogP contribution is -2.35. The molecule has 0 spiro atoms. The normalized spacial score (nSPS) is 10.4. The molecule has 0 unspecified atom stereocenters. The van der Waals surface area contributed by atoms with Gasteiger partial charge < -0.3 is 35.0 Å². The first-order chi connectivity index (χ1) is 12.8. The zero-order chi connectivity index (χ0) is 20.9. The molecule has 1 aromatic carbocycles. The van der Waals surface area contributed by atoms with Crippen LogP contribution in [0.2, 0.25) is 0 Å². The summed E-state index contributed by atoms with van der Waals surface area (Å²) in [7, 11) is 0. The Morgan fingerprint density at radius 2 is 1.22 bits per heavy atom. The van der Waals surface area contributed by atoms with Gasteiger partial charge in [-0.15, -0.1) is 0 Å². The van der Waals surface area contributed by atoms with Crippen molar-refractivity contribution in [3.05, 3.63) is 35.4 Å². The Labute approximate surface area is 155 Å². The Hall–Kier alpha value is -2.53. The first-order valence-corrected chi connectivity index (χ1v) is 7.87. The number of carboxylic acids is 1. The maximum atomic E-state index is 11.6. The van der Waals surface area contributed by atoms with Gasteiger partial charge in [-0.1, -0.05) is 12.1 Å². The van der Waals surface area contributed by atoms with Gasteiger partial charge in [0.2, 0.25) is 0 Å². The van der Waals surface area contributed by atoms with Crippen molar-refractivity contribution in [2.45, 2.75) is 6.92 Å². The van der Waals surface area contributed by atoms with Gasteiger partial charge in [0, 0.05) is 0 Å². The molecule has 0 amide bonds. The van der Waals surface area contributed by atoms with Crippen molar-refractivity contribution in [3.8, 4) is 0 Å². The van der Waals surface area contributed by atoms with Gasteiger partial charge in [0.1, 0.15) is 18.6 Å². The number of carboxylic acid groups (broad SMARTS) is 1. The van der Waals surface area contributed by atoms with Gasteiger partial charge in [-0.05, 0) is 19.1 Å². The van der Waals surface area contributed by atoms with Gasteiger partial charge in [0.05, 0.1) is 37.6 Å². The second kappa shape index (κ2) is 12.8. The molecule has 0 heterocycles. The fourth-order valence-corrected chi connectivity index (χ4v) is 1.46. The van der Waals surface area contributed by atoms with Crippen molar-refractivity contribution in [1.29, 1.82) is 0 Å². The van der Waals surface area contributed by atoms with Crippen LogP contribution in [-0.2, 0) is 14.3 Å². The van der Waals surface area contributed by atoms with Crippen LogP contribution in [-0.4, -0.2) is 83.1 Å². The standard InChI is InChI=1S/C12H14O6.C5H10O4/c13-5-7-17-11(15)9-3-1-2-4-10(9)12(16)18-8-6-14;1-5(2-6,3-7)4(8)9/h1-4,13-14H,5-8H2;6-7H,2-3H2,1H3,(H,8,9). The molecule has 0 aliphatic carbocycles. The number of hydrogen-bond donors (Lipinski definition) is 5. The van der Waals surface area contributed by atoms with Crippen molar-refractivity contribution in [2.75, 3.05) is 39.6 Å². The molecule has 0 aliphatic rings. The minimum Gasteiger partial charge on any atom is -0.481 e. The van der Waals surface area contributed by atoms with Crippen LogP contribution in [0.1, 0.15) is 27.6 Å². The summed E-state index contributed by atoms with van der Waals surface area (Å²) in [6.45, 7) is -0.670. The predicted molar refractivity (Wildman–Crippen MR) is 91.1 cm³/mol. The Kier molecular flexibility index (Phi) is 11.6. The second-order valence-electron chi connectivity index (χ2n) is 5.45. The highest BCUT2D eigenvalue weighted by molar-refractivity contribution is 6.03. The van der Waals surface area contributed by atoms with E-state index in [9.17, 15) is 14.4 Å². The number of aliphatic hydroxyl groups is 4. The van der Waals surface area contributed by atoms with Crippen LogP contribution in [0.15, 0.2) is 24.3 Å². The molecule has 10 nitrogen and oxygen atoms in total. The molecule has 0 aliphatic heterocycles. The van der Waals surface area contributed by atoms with E-state index in [1.165, 1.54) is 19.1 Å². The summed E-state index contributed by atoms with van der Waals surface area (Å²) in [5.41, 5.74) is -1.26. The van der Waals surface area contributed by atoms with Gasteiger partial charge in [0.15, 0.2) is 0 Å². The molecule has 5 N–H and O–H groups in total. The highest BCUT2D eigenvalue weighted by Crippen LogP contribution is 2.13. The summed E-state index contributed by atoms with van der Waals surface area (Å²) in [6.07, 6.45) is 0. The SMILES string of the molecule is CC(CO)(CO)C(=O)O.O=C(OCCO)c1ccccc1C(=O)OCCO. The average molecular weight is 388 g/mol. The molecule has 1 rings (SSSR count). The average Bonchev–Trinajstić information content (AvgIpc) is 2.69. The number of aliphatic carboxylic acids is 1. The zero-order valence-electron chi connectivity index (χ0n) is 14.8. The summed E-state index contributed by atoms with van der Waals surface area (Å²) in [4.78, 5) is 33.4. The van der Waals surface area contributed by atoms with Crippen LogP contribution in [0.5, 0.6) is 0 Å². The van der Waals surface area contributed by atoms with E-state index < -0.39 is 36.5 Å². The molecule has 0 atom stereocenters. The first-order valence-electron chi connectivity index (χ1n) is 7.87. The quantitative estimate of drug-likeness (QED) is 0.332. The van der Waals surface area contributed by atoms with Crippen LogP contribution < -0.4 is 0 Å². The van der Waals surface area contributed by atoms with Crippen molar-refractivity contribution in [1.82, 2.24) is 0 Å². The smallest absolute Gasteiger partial charge is 0.339 e. The number of rotatable bonds is 9. The van der Waals surface area contributed by atoms with E-state index in [0.29, 0.717) is 0 Å². The lowest BCUT2D eigenvalue weighted by molar-refractivity contribution is -0.152. The lowest BCUT2D eigenvalue weighted by atomic mass is 9.94. The summed E-state index contributed by atoms with van der Waals surface area (Å²) in [5.74, 6) is -2.60. The number of benzene rings is 1. The Morgan fingerprint density at radius 1 is 0.852 bits per heavy atom. The van der Waals surface area contributed by atoms with Crippen LogP contribution in [0, 0.1) is 5.41 Å². The minimum absolute atomic E-state index is 0.0638. The summed E-state index contributed by atoms with van der Waals surface area (Å²) < 4.78 is 9.45. The van der Waals surface area contributed by atoms with Crippen LogP contribution in [0.25, 0.3) is 0 Å². The minimum atomic E-state index is -1.39. The molecule has 0 saturated carbocycles. The summed E-state index contributed by atoms with van der Waals surface area (Å²) in [6, 6.07) is 6.02. The van der Waals surface area contributed by atoms with Crippen molar-refractivity contribution >= 4 is 17.9 Å². The topological polar surface area (TPSA) is 171 Å². The molecule has 27 heavy (non-hydrogen) atoms. The number of carbonyl (C=O) groups is 3. The maximum absolute atomic E-state index is 11.6. The van der Waals surface area contributed by atoms with Crippen molar-refractivity contribution in [2.24, 2.45) is 5.41 Å². The maximum Gasteiger partial charge on any atom is 0.339 e. The zero-order valence-corrected chi connectivity index (χ0v) is 14.8. The molecular weight excluding hydrogens is 364 g/mol. The molecular formula is C17H24O10. The third-order valence-corrected chi connectivity index (χ3v) is 3.23. The largest absolute Gasteiger partial charge is 0.481 e. The monoisotopic (exact) mass is 388 g/mol. The van der Waals surface area contributed by atoms with Gasteiger partial charge >= 0.3 is 17.9 Å². The third kappa shape index (κ3) is 8.13. The van der Waals surface area contributed by atoms with Crippen LogP contribution >= 0.6 is 0 Å². The van der Waals surface area contributed by atoms with Crippen LogP contribution in [0.3, 0.4) is 0 Å². The van der Waals surface area contributed by atoms with Gasteiger partial charge in [-0.25, -0.2) is 9.59 Å². The molecule has 10 heteroatoms. The van der Waals surface area contributed by atoms with Gasteiger partial charge in [-0.2, -0.15) is 0 Å². The number of hydrogen-bond acceptors (Lipinski definition) is 9. The number of carbonyl (C=O) groups excluding carboxylic acids is 2. The molecule has 1 aromatic rings. The Morgan fingerprint density at radius 3 is 1.44 bits per heavy atom. The van der Waals surface area contributed by atoms with Crippen molar-refractivity contribution in [3.63, 3.8) is 0 Å². The van der Waals surface area contributed by atoms with Gasteiger partial charge in [-0.3, -0.25) is 4.79 Å². The molecule has 152 valence electrons. The number of ether oxygens (including phenoxy) is 2. The van der Waals surface area contributed by atoms with E-state index in [-0.39, 0.29) is 37.6 Å². The Bertz CT molecular complexity index is 570. The third-order valence-electron chi connectivity index (χ3n) is 3.23. The highest BCUT2D eigenvalue weighted by Gasteiger charge is 2.31. The molecule has 0 radical (unpaired) electrons. The molecule has 0 saturated heterocycles. The summed E-state index contributed by atoms with van der Waals surface area (Å²) in [5, 5.41) is 42.3. The van der Waals surface area contributed by atoms with E-state index in [4.69, 9.17) is 35.0 Å². The fraction of sp³-hybridized carbons (Fsp3) is 0.471. The predicted octanol–water partition coefficient (Wildman–Crippen LogP) is -0.953. The molecule has 0 aromatic heterocycles. The van der Waals surface area contributed by atoms with E-state index in [1.807, 2.05) is 0 Å². The first kappa shape index (κ1) is 24.5. The fourth-order valence-electron chi connectivity index (χ4n) is 1.46. The number of aliphatic hydroxyl groups excluding tert-OH is 4. The Balaban J connectivity index is 0.000000636. The highest BCUT2D eigenvalue weighted by atomic mass is 16.5. The van der Waals surface area contributed by atoms with E-state index in [0.717, 1.165) is 0 Å². The van der Waals surface area contributed by atoms with Crippen molar-refractivity contribution < 1.29 is 49.4 Å². The second-order valence-corrected chi connectivity index (χ2v) is 5.45. The van der Waals surface area contributed by atoms with Crippen LogP contribution in [0.4, 0.5) is 0 Å². The van der Waals surface area contributed by atoms with E-state index in [1.54, 1.807) is 12.1 Å². The van der Waals surface area contributed by atoms with E-state index >= 15 is 0 Å². The van der Waals surface area contributed by atoms with E-state index in [2.05, 4.69) is 0 Å². The molecule has 0 bridgehead atoms. The summed E-state index contributed by atoms with van der Waals surface area (Å²) >= 11 is 0. The lowest BCUT2D eigenvalue weighted by Gasteiger charge is -2.17. The van der Waals surface area contributed by atoms with Gasteiger partial charge in [0.25, 0.3) is 0 Å². The molecule has 0 fully saturated rings.